The van der Waals surface area contributed by atoms with Crippen LogP contribution < -0.4 is 0 Å². The van der Waals surface area contributed by atoms with Crippen LogP contribution >= 0.6 is 46.4 Å². The van der Waals surface area contributed by atoms with Crippen molar-refractivity contribution in [2.45, 2.75) is 12.8 Å². The van der Waals surface area contributed by atoms with E-state index in [0.29, 0.717) is 37.6 Å². The quantitative estimate of drug-likeness (QED) is 0.440. The lowest BCUT2D eigenvalue weighted by atomic mass is 9.95. The number of rotatable bonds is 5. The number of hydrogen-bond donors (Lipinski definition) is 2. The van der Waals surface area contributed by atoms with Crippen molar-refractivity contribution >= 4 is 52.4 Å². The average Bonchev–Trinajstić information content (AvgIpc) is 2.62. The molecule has 0 aliphatic rings. The second kappa shape index (κ2) is 8.62. The lowest BCUT2D eigenvalue weighted by molar-refractivity contribution is 0.0693. The van der Waals surface area contributed by atoms with E-state index < -0.39 is 5.97 Å². The first-order chi connectivity index (χ1) is 13.2. The number of aromatic hydroxyl groups is 1. The summed E-state index contributed by atoms with van der Waals surface area (Å²) in [5.41, 5.74) is 2.48. The van der Waals surface area contributed by atoms with Crippen LogP contribution in [0, 0.1) is 0 Å². The molecule has 3 aromatic carbocycles. The van der Waals surface area contributed by atoms with Crippen molar-refractivity contribution in [3.8, 4) is 5.75 Å². The Morgan fingerprint density at radius 1 is 0.750 bits per heavy atom. The van der Waals surface area contributed by atoms with Gasteiger partial charge in [-0.25, -0.2) is 4.79 Å². The minimum atomic E-state index is -1.22. The fourth-order valence-corrected chi connectivity index (χ4v) is 3.87. The number of halogens is 4. The molecule has 0 heterocycles. The van der Waals surface area contributed by atoms with Gasteiger partial charge in [0.25, 0.3) is 0 Å². The van der Waals surface area contributed by atoms with Crippen molar-refractivity contribution < 1.29 is 15.0 Å². The standard InChI is InChI=1S/C21H14Cl4O3/c22-15-3-1-12(18(24)9-15)5-11-6-14(20(26)17(7-11)21(27)28)8-13-2-4-16(23)10-19(13)25/h1-4,6-7,9-10,26H,5,8H2,(H,27,28). The summed E-state index contributed by atoms with van der Waals surface area (Å²) < 4.78 is 0. The van der Waals surface area contributed by atoms with Crippen LogP contribution in [0.15, 0.2) is 48.5 Å². The maximum absolute atomic E-state index is 11.6. The number of carboxylic acids is 1. The summed E-state index contributed by atoms with van der Waals surface area (Å²) in [5.74, 6) is -1.51. The molecule has 0 fully saturated rings. The zero-order valence-electron chi connectivity index (χ0n) is 14.3. The first-order valence-corrected chi connectivity index (χ1v) is 9.71. The van der Waals surface area contributed by atoms with Crippen LogP contribution in [0.1, 0.15) is 32.6 Å². The first kappa shape index (κ1) is 20.8. The van der Waals surface area contributed by atoms with Gasteiger partial charge >= 0.3 is 5.97 Å². The predicted molar refractivity (Wildman–Crippen MR) is 114 cm³/mol. The monoisotopic (exact) mass is 454 g/mol. The minimum Gasteiger partial charge on any atom is -0.507 e. The normalized spacial score (nSPS) is 10.9. The van der Waals surface area contributed by atoms with Crippen LogP contribution in [0.2, 0.25) is 20.1 Å². The van der Waals surface area contributed by atoms with Gasteiger partial charge in [0.1, 0.15) is 11.3 Å². The fourth-order valence-electron chi connectivity index (χ4n) is 2.92. The Morgan fingerprint density at radius 3 is 1.79 bits per heavy atom. The van der Waals surface area contributed by atoms with E-state index in [1.807, 2.05) is 0 Å². The molecule has 0 aliphatic heterocycles. The number of carbonyl (C=O) groups is 1. The molecule has 0 aliphatic carbocycles. The van der Waals surface area contributed by atoms with E-state index in [4.69, 9.17) is 46.4 Å². The third-order valence-electron chi connectivity index (χ3n) is 4.28. The fraction of sp³-hybridized carbons (Fsp3) is 0.0952. The van der Waals surface area contributed by atoms with Crippen LogP contribution in [-0.2, 0) is 12.8 Å². The van der Waals surface area contributed by atoms with E-state index in [0.717, 1.165) is 11.1 Å². The highest BCUT2D eigenvalue weighted by Gasteiger charge is 2.17. The maximum atomic E-state index is 11.6. The number of hydrogen-bond acceptors (Lipinski definition) is 2. The summed E-state index contributed by atoms with van der Waals surface area (Å²) in [6.45, 7) is 0. The number of benzene rings is 3. The zero-order valence-corrected chi connectivity index (χ0v) is 17.4. The highest BCUT2D eigenvalue weighted by molar-refractivity contribution is 6.35. The highest BCUT2D eigenvalue weighted by atomic mass is 35.5. The van der Waals surface area contributed by atoms with Gasteiger partial charge in [-0.3, -0.25) is 0 Å². The Labute approximate surface area is 182 Å². The van der Waals surface area contributed by atoms with Gasteiger partial charge in [-0.15, -0.1) is 0 Å². The number of carboxylic acid groups (broad SMARTS) is 1. The van der Waals surface area contributed by atoms with Crippen LogP contribution in [-0.4, -0.2) is 16.2 Å². The summed E-state index contributed by atoms with van der Waals surface area (Å²) in [4.78, 5) is 11.6. The van der Waals surface area contributed by atoms with E-state index in [1.165, 1.54) is 6.07 Å². The molecule has 7 heteroatoms. The molecule has 0 atom stereocenters. The molecule has 0 amide bonds. The van der Waals surface area contributed by atoms with Gasteiger partial charge in [0, 0.05) is 26.5 Å². The third-order valence-corrected chi connectivity index (χ3v) is 5.46. The highest BCUT2D eigenvalue weighted by Crippen LogP contribution is 2.32. The summed E-state index contributed by atoms with van der Waals surface area (Å²) >= 11 is 24.3. The molecule has 3 rings (SSSR count). The maximum Gasteiger partial charge on any atom is 0.339 e. The first-order valence-electron chi connectivity index (χ1n) is 8.20. The largest absolute Gasteiger partial charge is 0.507 e. The Balaban J connectivity index is 2.03. The van der Waals surface area contributed by atoms with E-state index in [9.17, 15) is 15.0 Å². The molecule has 3 aromatic rings. The summed E-state index contributed by atoms with van der Waals surface area (Å²) in [6, 6.07) is 13.4. The SMILES string of the molecule is O=C(O)c1cc(Cc2ccc(Cl)cc2Cl)cc(Cc2ccc(Cl)cc2Cl)c1O. The summed E-state index contributed by atoms with van der Waals surface area (Å²) in [6.07, 6.45) is 0.641. The van der Waals surface area contributed by atoms with E-state index >= 15 is 0 Å². The number of aromatic carboxylic acids is 1. The Morgan fingerprint density at radius 2 is 1.29 bits per heavy atom. The van der Waals surface area contributed by atoms with Gasteiger partial charge in [-0.05, 0) is 59.0 Å². The Bertz CT molecular complexity index is 1060. The van der Waals surface area contributed by atoms with E-state index in [1.54, 1.807) is 42.5 Å². The lowest BCUT2D eigenvalue weighted by Crippen LogP contribution is -2.03. The predicted octanol–water partition coefficient (Wildman–Crippen LogP) is 6.89. The minimum absolute atomic E-state index is 0.178. The van der Waals surface area contributed by atoms with Gasteiger partial charge in [-0.2, -0.15) is 0 Å². The Kier molecular flexibility index (Phi) is 6.41. The molecule has 0 bridgehead atoms. The summed E-state index contributed by atoms with van der Waals surface area (Å²) in [7, 11) is 0. The van der Waals surface area contributed by atoms with Crippen LogP contribution in [0.5, 0.6) is 5.75 Å². The molecular weight excluding hydrogens is 442 g/mol. The topological polar surface area (TPSA) is 57.5 Å². The molecule has 2 N–H and O–H groups in total. The van der Waals surface area contributed by atoms with Crippen molar-refractivity contribution in [3.63, 3.8) is 0 Å². The van der Waals surface area contributed by atoms with Gasteiger partial charge < -0.3 is 10.2 Å². The average molecular weight is 456 g/mol. The molecule has 0 unspecified atom stereocenters. The van der Waals surface area contributed by atoms with Crippen molar-refractivity contribution in [1.82, 2.24) is 0 Å². The van der Waals surface area contributed by atoms with Crippen LogP contribution in [0.25, 0.3) is 0 Å². The lowest BCUT2D eigenvalue weighted by Gasteiger charge is -2.13. The molecule has 144 valence electrons. The summed E-state index contributed by atoms with van der Waals surface area (Å²) in [5, 5.41) is 21.9. The molecule has 3 nitrogen and oxygen atoms in total. The van der Waals surface area contributed by atoms with Crippen molar-refractivity contribution in [1.29, 1.82) is 0 Å². The van der Waals surface area contributed by atoms with Gasteiger partial charge in [0.2, 0.25) is 0 Å². The smallest absolute Gasteiger partial charge is 0.339 e. The van der Waals surface area contributed by atoms with E-state index in [2.05, 4.69) is 0 Å². The van der Waals surface area contributed by atoms with Gasteiger partial charge in [0.15, 0.2) is 0 Å². The van der Waals surface area contributed by atoms with E-state index in [-0.39, 0.29) is 17.7 Å². The molecule has 28 heavy (non-hydrogen) atoms. The van der Waals surface area contributed by atoms with Crippen LogP contribution in [0.3, 0.4) is 0 Å². The van der Waals surface area contributed by atoms with Crippen molar-refractivity contribution in [2.75, 3.05) is 0 Å². The molecule has 0 radical (unpaired) electrons. The molecule has 0 saturated carbocycles. The molecule has 0 aromatic heterocycles. The second-order valence-electron chi connectivity index (χ2n) is 6.28. The van der Waals surface area contributed by atoms with Crippen molar-refractivity contribution in [2.24, 2.45) is 0 Å². The Hall–Kier alpha value is -1.91. The third kappa shape index (κ3) is 4.73. The van der Waals surface area contributed by atoms with Gasteiger partial charge in [-0.1, -0.05) is 64.6 Å². The number of phenols is 1. The molecule has 0 saturated heterocycles. The van der Waals surface area contributed by atoms with Crippen LogP contribution in [0.4, 0.5) is 0 Å². The molecular formula is C21H14Cl4O3. The van der Waals surface area contributed by atoms with Crippen molar-refractivity contribution in [3.05, 3.63) is 96.4 Å². The zero-order chi connectivity index (χ0) is 20.4. The molecule has 0 spiro atoms. The van der Waals surface area contributed by atoms with Gasteiger partial charge in [0.05, 0.1) is 0 Å². The second-order valence-corrected chi connectivity index (χ2v) is 7.97.